The van der Waals surface area contributed by atoms with Gasteiger partial charge in [0.1, 0.15) is 0 Å². The number of rotatable bonds is 3. The van der Waals surface area contributed by atoms with Crippen molar-refractivity contribution in [3.8, 4) is 0 Å². The van der Waals surface area contributed by atoms with Gasteiger partial charge in [-0.05, 0) is 56.2 Å². The number of thiocarbonyl (C=S) groups is 1. The Hall–Kier alpha value is -1.58. The lowest BCUT2D eigenvalue weighted by molar-refractivity contribution is 0.717. The molecule has 0 aliphatic carbocycles. The number of benzene rings is 2. The van der Waals surface area contributed by atoms with Crippen molar-refractivity contribution in [1.29, 1.82) is 0 Å². The summed E-state index contributed by atoms with van der Waals surface area (Å²) in [5.41, 5.74) is 4.57. The van der Waals surface area contributed by atoms with Gasteiger partial charge in [-0.2, -0.15) is 0 Å². The van der Waals surface area contributed by atoms with Gasteiger partial charge in [0.15, 0.2) is 5.11 Å². The van der Waals surface area contributed by atoms with Gasteiger partial charge in [0.25, 0.3) is 0 Å². The average molecular weight is 319 g/mol. The molecule has 2 nitrogen and oxygen atoms in total. The lowest BCUT2D eigenvalue weighted by Gasteiger charge is -2.19. The van der Waals surface area contributed by atoms with Crippen molar-refractivity contribution in [2.75, 3.05) is 5.32 Å². The highest BCUT2D eigenvalue weighted by Crippen LogP contribution is 2.22. The number of hydrogen-bond donors (Lipinski definition) is 2. The van der Waals surface area contributed by atoms with Gasteiger partial charge in [0.05, 0.1) is 16.8 Å². The third-order valence-corrected chi connectivity index (χ3v) is 3.91. The molecule has 0 heterocycles. The van der Waals surface area contributed by atoms with E-state index < -0.39 is 0 Å². The van der Waals surface area contributed by atoms with Gasteiger partial charge in [-0.15, -0.1) is 0 Å². The summed E-state index contributed by atoms with van der Waals surface area (Å²) >= 11 is 11.5. The van der Waals surface area contributed by atoms with Crippen LogP contribution in [0.5, 0.6) is 0 Å². The van der Waals surface area contributed by atoms with Crippen LogP contribution in [0.15, 0.2) is 42.5 Å². The fraction of sp³-hybridized carbons (Fsp3) is 0.235. The van der Waals surface area contributed by atoms with Crippen LogP contribution in [0.1, 0.15) is 29.7 Å². The van der Waals surface area contributed by atoms with Crippen molar-refractivity contribution in [2.45, 2.75) is 26.8 Å². The lowest BCUT2D eigenvalue weighted by Crippen LogP contribution is -2.31. The Kier molecular flexibility index (Phi) is 5.21. The van der Waals surface area contributed by atoms with Crippen LogP contribution in [0, 0.1) is 13.8 Å². The molecular formula is C17H19ClN2S. The first-order valence-electron chi connectivity index (χ1n) is 6.86. The van der Waals surface area contributed by atoms with Crippen LogP contribution in [0.4, 0.5) is 5.69 Å². The van der Waals surface area contributed by atoms with Gasteiger partial charge >= 0.3 is 0 Å². The maximum Gasteiger partial charge on any atom is 0.171 e. The third-order valence-electron chi connectivity index (χ3n) is 3.36. The molecule has 2 rings (SSSR count). The van der Waals surface area contributed by atoms with Gasteiger partial charge in [-0.3, -0.25) is 0 Å². The minimum atomic E-state index is 0.132. The third kappa shape index (κ3) is 4.19. The van der Waals surface area contributed by atoms with Crippen molar-refractivity contribution < 1.29 is 0 Å². The maximum atomic E-state index is 6.11. The summed E-state index contributed by atoms with van der Waals surface area (Å²) in [6, 6.07) is 14.1. The Balaban J connectivity index is 2.04. The Morgan fingerprint density at radius 1 is 1.14 bits per heavy atom. The molecule has 0 aliphatic rings. The first-order valence-corrected chi connectivity index (χ1v) is 7.65. The van der Waals surface area contributed by atoms with E-state index in [1.165, 1.54) is 16.7 Å². The minimum absolute atomic E-state index is 0.132. The Morgan fingerprint density at radius 3 is 2.52 bits per heavy atom. The average Bonchev–Trinajstić information content (AvgIpc) is 2.41. The van der Waals surface area contributed by atoms with Gasteiger partial charge in [0, 0.05) is 0 Å². The fourth-order valence-corrected chi connectivity index (χ4v) is 2.78. The van der Waals surface area contributed by atoms with E-state index >= 15 is 0 Å². The molecule has 0 spiro atoms. The van der Waals surface area contributed by atoms with Crippen LogP contribution >= 0.6 is 23.8 Å². The summed E-state index contributed by atoms with van der Waals surface area (Å²) in [4.78, 5) is 0. The van der Waals surface area contributed by atoms with Gasteiger partial charge in [-0.25, -0.2) is 0 Å². The standard InChI is InChI=1S/C17H19ClN2S/c1-11-8-9-14(12(2)10-11)13(3)19-17(21)20-16-7-5-4-6-15(16)18/h4-10,13H,1-3H3,(H2,19,20,21)/t13-/m1/s1. The molecule has 0 saturated carbocycles. The molecule has 0 unspecified atom stereocenters. The zero-order chi connectivity index (χ0) is 15.4. The first kappa shape index (κ1) is 15.8. The van der Waals surface area contributed by atoms with E-state index in [1.807, 2.05) is 24.3 Å². The second-order valence-corrected chi connectivity index (χ2v) is 5.98. The van der Waals surface area contributed by atoms with E-state index in [2.05, 4.69) is 49.6 Å². The molecule has 2 aromatic rings. The quantitative estimate of drug-likeness (QED) is 0.778. The number of anilines is 1. The van der Waals surface area contributed by atoms with Crippen LogP contribution in [-0.2, 0) is 0 Å². The summed E-state index contributed by atoms with van der Waals surface area (Å²) < 4.78 is 0. The topological polar surface area (TPSA) is 24.1 Å². The maximum absolute atomic E-state index is 6.11. The zero-order valence-corrected chi connectivity index (χ0v) is 14.0. The molecule has 4 heteroatoms. The van der Waals surface area contributed by atoms with E-state index in [4.69, 9.17) is 23.8 Å². The molecular weight excluding hydrogens is 300 g/mol. The molecule has 0 aromatic heterocycles. The summed E-state index contributed by atoms with van der Waals surface area (Å²) in [5.74, 6) is 0. The second kappa shape index (κ2) is 6.92. The van der Waals surface area contributed by atoms with Gasteiger partial charge < -0.3 is 10.6 Å². The van der Waals surface area contributed by atoms with Crippen LogP contribution in [-0.4, -0.2) is 5.11 Å². The molecule has 0 amide bonds. The van der Waals surface area contributed by atoms with Crippen molar-refractivity contribution >= 4 is 34.6 Å². The monoisotopic (exact) mass is 318 g/mol. The van der Waals surface area contributed by atoms with E-state index in [0.29, 0.717) is 10.1 Å². The SMILES string of the molecule is Cc1ccc([C@@H](C)NC(=S)Nc2ccccc2Cl)c(C)c1. The lowest BCUT2D eigenvalue weighted by atomic mass is 10.0. The molecule has 0 radical (unpaired) electrons. The smallest absolute Gasteiger partial charge is 0.171 e. The normalized spacial score (nSPS) is 11.8. The molecule has 110 valence electrons. The molecule has 0 saturated heterocycles. The van der Waals surface area contributed by atoms with Crippen molar-refractivity contribution in [1.82, 2.24) is 5.32 Å². The highest BCUT2D eigenvalue weighted by atomic mass is 35.5. The predicted molar refractivity (Wildman–Crippen MR) is 95.1 cm³/mol. The predicted octanol–water partition coefficient (Wildman–Crippen LogP) is 5.00. The Morgan fingerprint density at radius 2 is 1.86 bits per heavy atom. The van der Waals surface area contributed by atoms with Crippen LogP contribution in [0.3, 0.4) is 0 Å². The molecule has 1 atom stereocenters. The molecule has 2 N–H and O–H groups in total. The number of para-hydroxylation sites is 1. The van der Waals surface area contributed by atoms with Gasteiger partial charge in [-0.1, -0.05) is 47.5 Å². The summed E-state index contributed by atoms with van der Waals surface area (Å²) in [5, 5.41) is 7.64. The van der Waals surface area contributed by atoms with Crippen molar-refractivity contribution in [3.63, 3.8) is 0 Å². The summed E-state index contributed by atoms with van der Waals surface area (Å²) in [6.07, 6.45) is 0. The van der Waals surface area contributed by atoms with Crippen LogP contribution in [0.25, 0.3) is 0 Å². The second-order valence-electron chi connectivity index (χ2n) is 5.16. The molecule has 0 fully saturated rings. The zero-order valence-electron chi connectivity index (χ0n) is 12.4. The first-order chi connectivity index (χ1) is 9.97. The number of aryl methyl sites for hydroxylation is 2. The molecule has 21 heavy (non-hydrogen) atoms. The number of halogens is 1. The molecule has 0 aliphatic heterocycles. The molecule has 0 bridgehead atoms. The van der Waals surface area contributed by atoms with E-state index in [0.717, 1.165) is 5.69 Å². The van der Waals surface area contributed by atoms with E-state index in [-0.39, 0.29) is 6.04 Å². The largest absolute Gasteiger partial charge is 0.356 e. The highest BCUT2D eigenvalue weighted by Gasteiger charge is 2.10. The van der Waals surface area contributed by atoms with Gasteiger partial charge in [0.2, 0.25) is 0 Å². The Labute approximate surface area is 136 Å². The Bertz CT molecular complexity index is 655. The number of nitrogens with one attached hydrogen (secondary N) is 2. The van der Waals surface area contributed by atoms with E-state index in [1.54, 1.807) is 0 Å². The van der Waals surface area contributed by atoms with E-state index in [9.17, 15) is 0 Å². The van der Waals surface area contributed by atoms with Crippen molar-refractivity contribution in [3.05, 3.63) is 64.2 Å². The molecule has 2 aromatic carbocycles. The fourth-order valence-electron chi connectivity index (χ4n) is 2.31. The summed E-state index contributed by atoms with van der Waals surface area (Å²) in [6.45, 7) is 6.31. The van der Waals surface area contributed by atoms with Crippen molar-refractivity contribution in [2.24, 2.45) is 0 Å². The minimum Gasteiger partial charge on any atom is -0.356 e. The number of hydrogen-bond acceptors (Lipinski definition) is 1. The summed E-state index contributed by atoms with van der Waals surface area (Å²) in [7, 11) is 0. The van der Waals surface area contributed by atoms with Crippen LogP contribution in [0.2, 0.25) is 5.02 Å². The van der Waals surface area contributed by atoms with Crippen LogP contribution < -0.4 is 10.6 Å². The highest BCUT2D eigenvalue weighted by molar-refractivity contribution is 7.80.